The molecule has 4 heteroatoms. The van der Waals surface area contributed by atoms with Gasteiger partial charge < -0.3 is 9.84 Å². The molecule has 0 aliphatic rings. The van der Waals surface area contributed by atoms with Crippen LogP contribution in [0.4, 0.5) is 0 Å². The normalized spacial score (nSPS) is 12.4. The van der Waals surface area contributed by atoms with Crippen LogP contribution in [0, 0.1) is 0 Å². The predicted molar refractivity (Wildman–Crippen MR) is 60.2 cm³/mol. The number of benzene rings is 1. The topological polar surface area (TPSA) is 46.5 Å². The predicted octanol–water partition coefficient (Wildman–Crippen LogP) is 2.57. The Kier molecular flexibility index (Phi) is 4.65. The van der Waals surface area contributed by atoms with Gasteiger partial charge in [0.1, 0.15) is 0 Å². The van der Waals surface area contributed by atoms with Crippen molar-refractivity contribution in [3.63, 3.8) is 0 Å². The molecule has 0 spiro atoms. The molecule has 82 valence electrons. The highest BCUT2D eigenvalue weighted by molar-refractivity contribution is 7.98. The molecule has 0 aromatic heterocycles. The lowest BCUT2D eigenvalue weighted by Gasteiger charge is -2.12. The largest absolute Gasteiger partial charge is 0.479 e. The molecule has 15 heavy (non-hydrogen) atoms. The Bertz CT molecular complexity index is 321. The molecule has 0 radical (unpaired) electrons. The van der Waals surface area contributed by atoms with E-state index in [2.05, 4.69) is 0 Å². The van der Waals surface area contributed by atoms with Crippen LogP contribution in [-0.4, -0.2) is 23.9 Å². The zero-order valence-corrected chi connectivity index (χ0v) is 9.58. The molecule has 1 rings (SSSR count). The number of carboxylic acid groups (broad SMARTS) is 1. The maximum absolute atomic E-state index is 10.9. The van der Waals surface area contributed by atoms with Crippen molar-refractivity contribution in [2.75, 3.05) is 12.9 Å². The van der Waals surface area contributed by atoms with Gasteiger partial charge in [-0.1, -0.05) is 12.1 Å². The molecule has 1 aromatic rings. The van der Waals surface area contributed by atoms with E-state index in [4.69, 9.17) is 9.84 Å². The number of rotatable bonds is 5. The van der Waals surface area contributed by atoms with Gasteiger partial charge in [-0.3, -0.25) is 0 Å². The molecule has 1 aromatic carbocycles. The summed E-state index contributed by atoms with van der Waals surface area (Å²) in [6.07, 6.45) is 1.12. The Labute approximate surface area is 93.4 Å². The number of hydrogen-bond donors (Lipinski definition) is 1. The third kappa shape index (κ3) is 3.25. The highest BCUT2D eigenvalue weighted by Crippen LogP contribution is 2.21. The molecule has 0 amide bonds. The SMILES string of the molecule is CCOC(C(=O)O)c1ccc(SC)cc1. The van der Waals surface area contributed by atoms with E-state index in [-0.39, 0.29) is 0 Å². The van der Waals surface area contributed by atoms with Crippen LogP contribution in [0.3, 0.4) is 0 Å². The van der Waals surface area contributed by atoms with Gasteiger partial charge in [-0.25, -0.2) is 4.79 Å². The number of carboxylic acids is 1. The number of hydrogen-bond acceptors (Lipinski definition) is 3. The first-order chi connectivity index (χ1) is 7.19. The van der Waals surface area contributed by atoms with E-state index < -0.39 is 12.1 Å². The molecule has 0 heterocycles. The maximum Gasteiger partial charge on any atom is 0.337 e. The Balaban J connectivity index is 2.86. The van der Waals surface area contributed by atoms with Crippen molar-refractivity contribution in [1.82, 2.24) is 0 Å². The van der Waals surface area contributed by atoms with Gasteiger partial charge in [-0.15, -0.1) is 11.8 Å². The van der Waals surface area contributed by atoms with E-state index in [1.165, 1.54) is 0 Å². The van der Waals surface area contributed by atoms with Crippen molar-refractivity contribution in [1.29, 1.82) is 0 Å². The summed E-state index contributed by atoms with van der Waals surface area (Å²) in [5.74, 6) is -0.950. The fourth-order valence-corrected chi connectivity index (χ4v) is 1.66. The molecule has 0 bridgehead atoms. The van der Waals surface area contributed by atoms with Gasteiger partial charge in [0.05, 0.1) is 0 Å². The molecule has 0 saturated carbocycles. The van der Waals surface area contributed by atoms with Gasteiger partial charge in [-0.2, -0.15) is 0 Å². The third-order valence-corrected chi connectivity index (χ3v) is 2.72. The quantitative estimate of drug-likeness (QED) is 0.784. The summed E-state index contributed by atoms with van der Waals surface area (Å²) in [6.45, 7) is 2.17. The van der Waals surface area contributed by atoms with Crippen LogP contribution in [0.1, 0.15) is 18.6 Å². The van der Waals surface area contributed by atoms with Gasteiger partial charge in [0, 0.05) is 11.5 Å². The fraction of sp³-hybridized carbons (Fsp3) is 0.364. The lowest BCUT2D eigenvalue weighted by Crippen LogP contribution is -2.15. The van der Waals surface area contributed by atoms with Crippen LogP contribution in [0.2, 0.25) is 0 Å². The Morgan fingerprint density at radius 3 is 2.47 bits per heavy atom. The lowest BCUT2D eigenvalue weighted by atomic mass is 10.1. The monoisotopic (exact) mass is 226 g/mol. The lowest BCUT2D eigenvalue weighted by molar-refractivity contribution is -0.150. The van der Waals surface area contributed by atoms with Gasteiger partial charge in [0.25, 0.3) is 0 Å². The molecule has 3 nitrogen and oxygen atoms in total. The highest BCUT2D eigenvalue weighted by Gasteiger charge is 2.19. The minimum atomic E-state index is -0.950. The van der Waals surface area contributed by atoms with Crippen molar-refractivity contribution in [2.24, 2.45) is 0 Å². The summed E-state index contributed by atoms with van der Waals surface area (Å²) in [7, 11) is 0. The third-order valence-electron chi connectivity index (χ3n) is 1.98. The van der Waals surface area contributed by atoms with Crippen molar-refractivity contribution in [2.45, 2.75) is 17.9 Å². The van der Waals surface area contributed by atoms with E-state index in [9.17, 15) is 4.79 Å². The van der Waals surface area contributed by atoms with E-state index in [0.717, 1.165) is 4.90 Å². The maximum atomic E-state index is 10.9. The fourth-order valence-electron chi connectivity index (χ4n) is 1.26. The number of thioether (sulfide) groups is 1. The molecular formula is C11H14O3S. The standard InChI is InChI=1S/C11H14O3S/c1-3-14-10(11(12)13)8-4-6-9(15-2)7-5-8/h4-7,10H,3H2,1-2H3,(H,12,13). The van der Waals surface area contributed by atoms with E-state index in [1.54, 1.807) is 30.8 Å². The van der Waals surface area contributed by atoms with E-state index in [0.29, 0.717) is 12.2 Å². The summed E-state index contributed by atoms with van der Waals surface area (Å²) < 4.78 is 5.16. The Morgan fingerprint density at radius 2 is 2.07 bits per heavy atom. The zero-order valence-electron chi connectivity index (χ0n) is 8.77. The van der Waals surface area contributed by atoms with Crippen molar-refractivity contribution >= 4 is 17.7 Å². The second-order valence-electron chi connectivity index (χ2n) is 2.95. The minimum Gasteiger partial charge on any atom is -0.479 e. The van der Waals surface area contributed by atoms with Gasteiger partial charge in [0.15, 0.2) is 6.10 Å². The van der Waals surface area contributed by atoms with Crippen molar-refractivity contribution in [3.05, 3.63) is 29.8 Å². The van der Waals surface area contributed by atoms with E-state index >= 15 is 0 Å². The summed E-state index contributed by atoms with van der Waals surface area (Å²) in [5.41, 5.74) is 0.683. The molecule has 0 aliphatic heterocycles. The van der Waals surface area contributed by atoms with Crippen LogP contribution in [0.5, 0.6) is 0 Å². The molecule has 0 saturated heterocycles. The zero-order chi connectivity index (χ0) is 11.3. The summed E-state index contributed by atoms with van der Waals surface area (Å²) >= 11 is 1.62. The van der Waals surface area contributed by atoms with Crippen LogP contribution in [-0.2, 0) is 9.53 Å². The second kappa shape index (κ2) is 5.78. The highest BCUT2D eigenvalue weighted by atomic mass is 32.2. The second-order valence-corrected chi connectivity index (χ2v) is 3.83. The van der Waals surface area contributed by atoms with Gasteiger partial charge in [0.2, 0.25) is 0 Å². The smallest absolute Gasteiger partial charge is 0.337 e. The van der Waals surface area contributed by atoms with Gasteiger partial charge >= 0.3 is 5.97 Å². The molecule has 1 unspecified atom stereocenters. The van der Waals surface area contributed by atoms with E-state index in [1.807, 2.05) is 18.4 Å². The van der Waals surface area contributed by atoms with Crippen LogP contribution < -0.4 is 0 Å². The first-order valence-electron chi connectivity index (χ1n) is 4.67. The first-order valence-corrected chi connectivity index (χ1v) is 5.90. The average molecular weight is 226 g/mol. The summed E-state index contributed by atoms with van der Waals surface area (Å²) in [6, 6.07) is 7.38. The van der Waals surface area contributed by atoms with Crippen LogP contribution in [0.15, 0.2) is 29.2 Å². The van der Waals surface area contributed by atoms with Crippen LogP contribution in [0.25, 0.3) is 0 Å². The number of ether oxygens (including phenoxy) is 1. The van der Waals surface area contributed by atoms with Crippen LogP contribution >= 0.6 is 11.8 Å². The van der Waals surface area contributed by atoms with Crippen molar-refractivity contribution in [3.8, 4) is 0 Å². The first kappa shape index (κ1) is 12.1. The summed E-state index contributed by atoms with van der Waals surface area (Å²) in [5, 5.41) is 8.95. The number of carbonyl (C=O) groups is 1. The van der Waals surface area contributed by atoms with Crippen molar-refractivity contribution < 1.29 is 14.6 Å². The number of aliphatic carboxylic acids is 1. The molecule has 0 fully saturated rings. The molecule has 1 atom stereocenters. The summed E-state index contributed by atoms with van der Waals surface area (Å²) in [4.78, 5) is 12.0. The molecule has 0 aliphatic carbocycles. The molecular weight excluding hydrogens is 212 g/mol. The Hall–Kier alpha value is -1.00. The minimum absolute atomic E-state index is 0.390. The van der Waals surface area contributed by atoms with Gasteiger partial charge in [-0.05, 0) is 30.9 Å². The average Bonchev–Trinajstić information content (AvgIpc) is 2.26. The molecule has 1 N–H and O–H groups in total. The Morgan fingerprint density at radius 1 is 1.47 bits per heavy atom.